The fourth-order valence-electron chi connectivity index (χ4n) is 4.32. The second-order valence-corrected chi connectivity index (χ2v) is 9.48. The van der Waals surface area contributed by atoms with E-state index in [1.165, 1.54) is 32.2 Å². The zero-order valence-electron chi connectivity index (χ0n) is 21.7. The van der Waals surface area contributed by atoms with Gasteiger partial charge in [0, 0.05) is 25.2 Å². The van der Waals surface area contributed by atoms with Gasteiger partial charge in [-0.1, -0.05) is 6.07 Å². The maximum atomic E-state index is 13.2. The highest BCUT2D eigenvalue weighted by Crippen LogP contribution is 2.20. The number of aryl methyl sites for hydroxylation is 1. The van der Waals surface area contributed by atoms with Gasteiger partial charge in [0.1, 0.15) is 17.8 Å². The van der Waals surface area contributed by atoms with Crippen LogP contribution >= 0.6 is 0 Å². The lowest BCUT2D eigenvalue weighted by Crippen LogP contribution is -2.50. The number of nitrogens with one attached hydrogen (secondary N) is 5. The molecular formula is C26H36N6O6. The number of aliphatic carboxylic acids is 1. The van der Waals surface area contributed by atoms with Crippen LogP contribution in [0.4, 0.5) is 0 Å². The van der Waals surface area contributed by atoms with Crippen LogP contribution in [0.2, 0.25) is 0 Å². The van der Waals surface area contributed by atoms with Crippen LogP contribution in [0.25, 0.3) is 0 Å². The van der Waals surface area contributed by atoms with Crippen LogP contribution in [0.5, 0.6) is 5.75 Å². The minimum atomic E-state index is -1.34. The lowest BCUT2D eigenvalue weighted by Gasteiger charge is -2.23. The van der Waals surface area contributed by atoms with E-state index in [2.05, 4.69) is 31.5 Å². The average Bonchev–Trinajstić information content (AvgIpc) is 3.41. The zero-order valence-corrected chi connectivity index (χ0v) is 21.7. The van der Waals surface area contributed by atoms with E-state index in [4.69, 9.17) is 9.84 Å². The molecule has 0 aliphatic carbocycles. The Morgan fingerprint density at radius 2 is 2.03 bits per heavy atom. The molecule has 0 spiro atoms. The molecule has 1 aromatic carbocycles. The third kappa shape index (κ3) is 8.87. The van der Waals surface area contributed by atoms with Crippen molar-refractivity contribution in [2.75, 3.05) is 19.7 Å². The van der Waals surface area contributed by atoms with Crippen LogP contribution in [0.1, 0.15) is 55.3 Å². The highest BCUT2D eigenvalue weighted by molar-refractivity contribution is 5.94. The monoisotopic (exact) mass is 528 g/mol. The minimum Gasteiger partial charge on any atom is -0.494 e. The number of ether oxygens (including phenoxy) is 1. The summed E-state index contributed by atoms with van der Waals surface area (Å²) in [6.45, 7) is 6.00. The molecule has 1 saturated heterocycles. The summed E-state index contributed by atoms with van der Waals surface area (Å²) in [6.07, 6.45) is 5.58. The Labute approximate surface area is 221 Å². The van der Waals surface area contributed by atoms with Gasteiger partial charge in [-0.2, -0.15) is 5.10 Å². The molecule has 0 saturated carbocycles. The number of aromatic nitrogens is 2. The third-order valence-corrected chi connectivity index (χ3v) is 6.44. The average molecular weight is 529 g/mol. The van der Waals surface area contributed by atoms with Gasteiger partial charge >= 0.3 is 5.97 Å². The maximum absolute atomic E-state index is 13.2. The fourth-order valence-corrected chi connectivity index (χ4v) is 4.32. The number of carboxylic acids is 1. The maximum Gasteiger partial charge on any atom is 0.305 e. The molecule has 1 fully saturated rings. The number of benzene rings is 1. The fraction of sp³-hybridized carbons (Fsp3) is 0.500. The highest BCUT2D eigenvalue weighted by Gasteiger charge is 2.29. The molecular weight excluding hydrogens is 492 g/mol. The standard InChI is InChI=1S/C26H36N6O6/c1-16-5-6-21(38-9-7-18-4-3-8-27-12-18)10-19(16)13-28-26(37)24(20-14-29-30-15-20)32-25(36)22(11-23(34)35)31-17(2)33/h5-6,10,14-15,18,22,24,27H,3-4,7-9,11-13H2,1-2H3,(H,28,37)(H,29,30)(H,31,33)(H,32,36)(H,34,35)/t18?,22-,24?/m0/s1. The Balaban J connectivity index is 1.62. The molecule has 3 amide bonds. The predicted octanol–water partition coefficient (Wildman–Crippen LogP) is 0.940. The van der Waals surface area contributed by atoms with Crippen molar-refractivity contribution in [2.24, 2.45) is 5.92 Å². The van der Waals surface area contributed by atoms with Gasteiger partial charge in [0.2, 0.25) is 17.7 Å². The lowest BCUT2D eigenvalue weighted by atomic mass is 9.97. The molecule has 2 heterocycles. The van der Waals surface area contributed by atoms with E-state index in [1.807, 2.05) is 25.1 Å². The van der Waals surface area contributed by atoms with E-state index in [-0.39, 0.29) is 6.54 Å². The normalized spacial score (nSPS) is 16.6. The van der Waals surface area contributed by atoms with Crippen molar-refractivity contribution in [3.63, 3.8) is 0 Å². The molecule has 12 heteroatoms. The number of carbonyl (C=O) groups excluding carboxylic acids is 3. The van der Waals surface area contributed by atoms with Gasteiger partial charge in [0.25, 0.3) is 0 Å². The Hall–Kier alpha value is -3.93. The Morgan fingerprint density at radius 1 is 1.21 bits per heavy atom. The molecule has 6 N–H and O–H groups in total. The van der Waals surface area contributed by atoms with Gasteiger partial charge in [-0.05, 0) is 68.5 Å². The summed E-state index contributed by atoms with van der Waals surface area (Å²) in [4.78, 5) is 48.6. The summed E-state index contributed by atoms with van der Waals surface area (Å²) in [5, 5.41) is 26.6. The molecule has 0 radical (unpaired) electrons. The topological polar surface area (TPSA) is 175 Å². The van der Waals surface area contributed by atoms with Gasteiger partial charge < -0.3 is 31.1 Å². The number of nitrogens with zero attached hydrogens (tertiary/aromatic N) is 1. The van der Waals surface area contributed by atoms with Crippen LogP contribution < -0.4 is 26.0 Å². The number of aromatic amines is 1. The first-order valence-corrected chi connectivity index (χ1v) is 12.7. The van der Waals surface area contributed by atoms with Gasteiger partial charge in [0.15, 0.2) is 0 Å². The Morgan fingerprint density at radius 3 is 2.68 bits per heavy atom. The second kappa shape index (κ2) is 14.1. The van der Waals surface area contributed by atoms with E-state index in [0.29, 0.717) is 18.1 Å². The van der Waals surface area contributed by atoms with Crippen LogP contribution in [0.15, 0.2) is 30.6 Å². The third-order valence-electron chi connectivity index (χ3n) is 6.44. The smallest absolute Gasteiger partial charge is 0.305 e. The van der Waals surface area contributed by atoms with E-state index in [1.54, 1.807) is 0 Å². The van der Waals surface area contributed by atoms with E-state index < -0.39 is 42.2 Å². The molecule has 1 aromatic heterocycles. The number of carboxylic acid groups (broad SMARTS) is 1. The quantitative estimate of drug-likeness (QED) is 0.223. The first-order valence-electron chi connectivity index (χ1n) is 12.7. The van der Waals surface area contributed by atoms with E-state index in [9.17, 15) is 19.2 Å². The molecule has 1 aliphatic rings. The molecule has 206 valence electrons. The van der Waals surface area contributed by atoms with E-state index >= 15 is 0 Å². The van der Waals surface area contributed by atoms with Crippen molar-refractivity contribution in [1.29, 1.82) is 0 Å². The summed E-state index contributed by atoms with van der Waals surface area (Å²) >= 11 is 0. The molecule has 12 nitrogen and oxygen atoms in total. The molecule has 3 rings (SSSR count). The zero-order chi connectivity index (χ0) is 27.5. The summed E-state index contributed by atoms with van der Waals surface area (Å²) in [6, 6.07) is 3.22. The number of amides is 3. The number of carbonyl (C=O) groups is 4. The Kier molecular flexibility index (Phi) is 10.6. The van der Waals surface area contributed by atoms with Crippen LogP contribution in [-0.2, 0) is 25.7 Å². The van der Waals surface area contributed by atoms with Crippen molar-refractivity contribution in [3.8, 4) is 5.75 Å². The van der Waals surface area contributed by atoms with Crippen LogP contribution in [0, 0.1) is 12.8 Å². The molecule has 1 aliphatic heterocycles. The number of H-pyrrole nitrogens is 1. The summed E-state index contributed by atoms with van der Waals surface area (Å²) < 4.78 is 5.97. The number of piperidine rings is 1. The van der Waals surface area contributed by atoms with Gasteiger partial charge in [0.05, 0.1) is 19.2 Å². The van der Waals surface area contributed by atoms with Crippen molar-refractivity contribution < 1.29 is 29.0 Å². The van der Waals surface area contributed by atoms with E-state index in [0.717, 1.165) is 36.4 Å². The van der Waals surface area contributed by atoms with Crippen molar-refractivity contribution in [3.05, 3.63) is 47.3 Å². The highest BCUT2D eigenvalue weighted by atomic mass is 16.5. The van der Waals surface area contributed by atoms with Gasteiger partial charge in [-0.25, -0.2) is 0 Å². The summed E-state index contributed by atoms with van der Waals surface area (Å²) in [5.41, 5.74) is 2.19. The lowest BCUT2D eigenvalue weighted by molar-refractivity contribution is -0.140. The molecule has 2 unspecified atom stereocenters. The van der Waals surface area contributed by atoms with Crippen LogP contribution in [-0.4, -0.2) is 64.7 Å². The van der Waals surface area contributed by atoms with Gasteiger partial charge in [-0.3, -0.25) is 24.3 Å². The number of rotatable bonds is 13. The van der Waals surface area contributed by atoms with Crippen molar-refractivity contribution >= 4 is 23.7 Å². The largest absolute Gasteiger partial charge is 0.494 e. The number of hydrogen-bond acceptors (Lipinski definition) is 7. The molecule has 0 bridgehead atoms. The summed E-state index contributed by atoms with van der Waals surface area (Å²) in [7, 11) is 0. The first kappa shape index (κ1) is 28.6. The first-order chi connectivity index (χ1) is 18.2. The van der Waals surface area contributed by atoms with Crippen molar-refractivity contribution in [1.82, 2.24) is 31.5 Å². The molecule has 38 heavy (non-hydrogen) atoms. The number of hydrogen-bond donors (Lipinski definition) is 6. The minimum absolute atomic E-state index is 0.183. The molecule has 3 atom stereocenters. The second-order valence-electron chi connectivity index (χ2n) is 9.48. The predicted molar refractivity (Wildman–Crippen MR) is 138 cm³/mol. The van der Waals surface area contributed by atoms with Crippen LogP contribution in [0.3, 0.4) is 0 Å². The van der Waals surface area contributed by atoms with Crippen molar-refractivity contribution in [2.45, 2.75) is 58.2 Å². The summed E-state index contributed by atoms with van der Waals surface area (Å²) in [5.74, 6) is -1.82. The Bertz CT molecular complexity index is 1080. The molecule has 2 aromatic rings. The van der Waals surface area contributed by atoms with Gasteiger partial charge in [-0.15, -0.1) is 0 Å². The SMILES string of the molecule is CC(=O)N[C@@H](CC(=O)O)C(=O)NC(C(=O)NCc1cc(OCCC2CCCNC2)ccc1C)c1cn[nH]c1.